The van der Waals surface area contributed by atoms with Gasteiger partial charge in [-0.05, 0) is 22.0 Å². The van der Waals surface area contributed by atoms with E-state index < -0.39 is 0 Å². The summed E-state index contributed by atoms with van der Waals surface area (Å²) in [5, 5.41) is 7.86. The van der Waals surface area contributed by atoms with Crippen LogP contribution in [0.5, 0.6) is 0 Å². The van der Waals surface area contributed by atoms with Crippen LogP contribution in [0.2, 0.25) is 0 Å². The average Bonchev–Trinajstić information content (AvgIpc) is 3.18. The van der Waals surface area contributed by atoms with Gasteiger partial charge in [-0.2, -0.15) is 13.1 Å². The number of benzene rings is 1. The minimum absolute atomic E-state index is 0. The first-order valence-electron chi connectivity index (χ1n) is 4.95. The van der Waals surface area contributed by atoms with Crippen LogP contribution in [-0.2, 0) is 32.7 Å². The average molecular weight is 368 g/mol. The number of hydrogen-bond donors (Lipinski definition) is 0. The molecule has 1 aromatic carbocycles. The zero-order valence-electron chi connectivity index (χ0n) is 9.47. The Morgan fingerprint density at radius 2 is 1.88 bits per heavy atom. The summed E-state index contributed by atoms with van der Waals surface area (Å²) in [7, 11) is 1.75. The van der Waals surface area contributed by atoms with Crippen molar-refractivity contribution in [2.75, 3.05) is 20.1 Å². The van der Waals surface area contributed by atoms with Crippen LogP contribution in [0.15, 0.2) is 29.0 Å². The molecule has 0 N–H and O–H groups in total. The van der Waals surface area contributed by atoms with Gasteiger partial charge >= 0.3 is 0 Å². The Balaban J connectivity index is 0.000000316. The third-order valence-corrected chi connectivity index (χ3v) is 2.80. The molecule has 2 heterocycles. The van der Waals surface area contributed by atoms with Gasteiger partial charge in [0.25, 0.3) is 0 Å². The number of nitrogens with zero attached hydrogens (tertiary/aromatic N) is 4. The molecule has 1 aromatic heterocycles. The zero-order chi connectivity index (χ0) is 11.4. The molecule has 0 bridgehead atoms. The van der Waals surface area contributed by atoms with E-state index in [-0.39, 0.29) is 32.7 Å². The van der Waals surface area contributed by atoms with E-state index in [1.165, 1.54) is 0 Å². The molecule has 3 rings (SSSR count). The summed E-state index contributed by atoms with van der Waals surface area (Å²) in [5.41, 5.74) is 2.63. The Labute approximate surface area is 134 Å². The Morgan fingerprint density at radius 3 is 2.47 bits per heavy atom. The van der Waals surface area contributed by atoms with Crippen LogP contribution in [-0.4, -0.2) is 30.1 Å². The van der Waals surface area contributed by atoms with E-state index in [1.807, 2.05) is 12.1 Å². The Hall–Kier alpha value is -0.0961. The minimum atomic E-state index is 0. The van der Waals surface area contributed by atoms with Gasteiger partial charge < -0.3 is 10.6 Å². The van der Waals surface area contributed by atoms with Gasteiger partial charge in [-0.3, -0.25) is 9.97 Å². The topological polar surface area (TPSA) is 54.0 Å². The Morgan fingerprint density at radius 1 is 1.24 bits per heavy atom. The fourth-order valence-electron chi connectivity index (χ4n) is 1.16. The smallest absolute Gasteiger partial charge is 0.102 e. The quantitative estimate of drug-likeness (QED) is 0.725. The van der Waals surface area contributed by atoms with Crippen molar-refractivity contribution >= 4 is 32.7 Å². The standard InChI is InChI=1S/C9H7BrN3.C2H4N.Y/c1-11-6-2-3-7-9(8(6)10)13-5-4-12-7;1-2-3-1;/h2-5H,1H3;1-2H2;/q2*-1;. The molecule has 87 valence electrons. The molecule has 0 unspecified atom stereocenters. The molecule has 0 spiro atoms. The van der Waals surface area contributed by atoms with Crippen LogP contribution in [0.25, 0.3) is 21.7 Å². The van der Waals surface area contributed by atoms with E-state index in [9.17, 15) is 0 Å². The first-order chi connectivity index (χ1) is 7.83. The first-order valence-corrected chi connectivity index (χ1v) is 5.74. The molecule has 1 radical (unpaired) electrons. The summed E-state index contributed by atoms with van der Waals surface area (Å²) in [4.78, 5) is 8.40. The molecule has 1 aliphatic heterocycles. The van der Waals surface area contributed by atoms with E-state index in [1.54, 1.807) is 19.4 Å². The van der Waals surface area contributed by atoms with Crippen LogP contribution in [0.3, 0.4) is 0 Å². The van der Waals surface area contributed by atoms with E-state index >= 15 is 0 Å². The van der Waals surface area contributed by atoms with Gasteiger partial charge in [0.1, 0.15) is 5.52 Å². The van der Waals surface area contributed by atoms with Gasteiger partial charge in [-0.1, -0.05) is 6.07 Å². The molecule has 0 amide bonds. The van der Waals surface area contributed by atoms with E-state index in [4.69, 9.17) is 0 Å². The van der Waals surface area contributed by atoms with Crippen LogP contribution >= 0.6 is 15.9 Å². The molecule has 0 atom stereocenters. The number of halogens is 1. The first kappa shape index (κ1) is 15.0. The second kappa shape index (κ2) is 7.36. The van der Waals surface area contributed by atoms with Crippen LogP contribution in [0.1, 0.15) is 0 Å². The van der Waals surface area contributed by atoms with Crippen LogP contribution < -0.4 is 0 Å². The maximum atomic E-state index is 4.22. The summed E-state index contributed by atoms with van der Waals surface area (Å²) in [6, 6.07) is 3.83. The third kappa shape index (κ3) is 4.25. The van der Waals surface area contributed by atoms with Crippen molar-refractivity contribution in [1.29, 1.82) is 0 Å². The van der Waals surface area contributed by atoms with E-state index in [0.29, 0.717) is 0 Å². The van der Waals surface area contributed by atoms with Gasteiger partial charge in [0.2, 0.25) is 0 Å². The largest absolute Gasteiger partial charge is 0.686 e. The summed E-state index contributed by atoms with van der Waals surface area (Å²) in [5.74, 6) is 0. The normalized spacial score (nSPS) is 12.1. The van der Waals surface area contributed by atoms with Crippen molar-refractivity contribution in [1.82, 2.24) is 9.97 Å². The van der Waals surface area contributed by atoms with Crippen molar-refractivity contribution in [3.8, 4) is 0 Å². The van der Waals surface area contributed by atoms with Gasteiger partial charge in [0, 0.05) is 49.6 Å². The number of fused-ring (bicyclic) bond motifs is 1. The van der Waals surface area contributed by atoms with Crippen LogP contribution in [0, 0.1) is 0 Å². The molecule has 1 saturated heterocycles. The predicted molar refractivity (Wildman–Crippen MR) is 69.3 cm³/mol. The summed E-state index contributed by atoms with van der Waals surface area (Å²) < 4.78 is 0.903. The molecule has 0 aliphatic carbocycles. The molecule has 1 aliphatic rings. The van der Waals surface area contributed by atoms with Crippen molar-refractivity contribution in [3.05, 3.63) is 39.6 Å². The fraction of sp³-hybridized carbons (Fsp3) is 0.273. The SMILES string of the molecule is C1C[N-]1.C[N-]c1ccc2nccnc2c1Br.[Y]. The third-order valence-electron chi connectivity index (χ3n) is 2.02. The molecule has 6 heteroatoms. The molecular weight excluding hydrogens is 357 g/mol. The molecular formula is C11H11BrN4Y-2. The van der Waals surface area contributed by atoms with Gasteiger partial charge in [0.05, 0.1) is 5.52 Å². The van der Waals surface area contributed by atoms with E-state index in [2.05, 4.69) is 36.5 Å². The second-order valence-electron chi connectivity index (χ2n) is 3.22. The number of hydrogen-bond acceptors (Lipinski definition) is 2. The monoisotopic (exact) mass is 367 g/mol. The van der Waals surface area contributed by atoms with E-state index in [0.717, 1.165) is 34.3 Å². The zero-order valence-corrected chi connectivity index (χ0v) is 13.9. The number of aromatic nitrogens is 2. The summed E-state index contributed by atoms with van der Waals surface area (Å²) in [6.07, 6.45) is 3.35. The molecule has 4 nitrogen and oxygen atoms in total. The van der Waals surface area contributed by atoms with Crippen molar-refractivity contribution in [3.63, 3.8) is 0 Å². The Kier molecular flexibility index (Phi) is 6.48. The van der Waals surface area contributed by atoms with Gasteiger partial charge in [-0.25, -0.2) is 0 Å². The second-order valence-corrected chi connectivity index (χ2v) is 4.01. The molecule has 2 aromatic rings. The summed E-state index contributed by atoms with van der Waals surface area (Å²) in [6.45, 7) is 2.25. The van der Waals surface area contributed by atoms with Crippen molar-refractivity contribution in [2.45, 2.75) is 0 Å². The van der Waals surface area contributed by atoms with Gasteiger partial charge in [-0.15, -0.1) is 12.7 Å². The van der Waals surface area contributed by atoms with Gasteiger partial charge in [0.15, 0.2) is 0 Å². The molecule has 0 saturated carbocycles. The fourth-order valence-corrected chi connectivity index (χ4v) is 1.78. The summed E-state index contributed by atoms with van der Waals surface area (Å²) >= 11 is 3.45. The molecule has 17 heavy (non-hydrogen) atoms. The maximum absolute atomic E-state index is 4.22. The molecule has 1 fully saturated rings. The van der Waals surface area contributed by atoms with Crippen molar-refractivity contribution < 1.29 is 32.7 Å². The minimum Gasteiger partial charge on any atom is -0.686 e. The predicted octanol–water partition coefficient (Wildman–Crippen LogP) is 3.40. The maximum Gasteiger partial charge on any atom is 0.102 e. The number of rotatable bonds is 1. The van der Waals surface area contributed by atoms with Crippen LogP contribution in [0.4, 0.5) is 5.69 Å². The Bertz CT molecular complexity index is 487. The van der Waals surface area contributed by atoms with Crippen molar-refractivity contribution in [2.24, 2.45) is 0 Å².